The molecule has 2 saturated heterocycles. The number of rotatable bonds is 3. The van der Waals surface area contributed by atoms with E-state index >= 15 is 0 Å². The molecule has 0 aromatic carbocycles. The molecule has 1 N–H and O–H groups in total. The van der Waals surface area contributed by atoms with E-state index in [-0.39, 0.29) is 0 Å². The number of piperidine rings is 1. The summed E-state index contributed by atoms with van der Waals surface area (Å²) < 4.78 is 37.1. The number of alkyl halides is 3. The number of hydrogen-bond acceptors (Lipinski definition) is 3. The molecule has 3 nitrogen and oxygen atoms in total. The van der Waals surface area contributed by atoms with Gasteiger partial charge in [-0.2, -0.15) is 13.2 Å². The van der Waals surface area contributed by atoms with Crippen LogP contribution in [0.5, 0.6) is 0 Å². The maximum Gasteiger partial charge on any atom is 0.401 e. The Labute approximate surface area is 113 Å². The first-order chi connectivity index (χ1) is 9.03. The zero-order valence-electron chi connectivity index (χ0n) is 11.4. The van der Waals surface area contributed by atoms with Gasteiger partial charge in [-0.05, 0) is 51.4 Å². The van der Waals surface area contributed by atoms with Crippen molar-refractivity contribution >= 4 is 0 Å². The second-order valence-electron chi connectivity index (χ2n) is 5.74. The molecule has 112 valence electrons. The van der Waals surface area contributed by atoms with Gasteiger partial charge >= 0.3 is 6.18 Å². The lowest BCUT2D eigenvalue weighted by Crippen LogP contribution is -2.39. The Kier molecular flexibility index (Phi) is 5.47. The molecular weight excluding hydrogens is 255 g/mol. The molecule has 0 aliphatic carbocycles. The smallest absolute Gasteiger partial charge is 0.317 e. The zero-order chi connectivity index (χ0) is 13.7. The van der Waals surface area contributed by atoms with Crippen molar-refractivity contribution in [3.63, 3.8) is 0 Å². The minimum absolute atomic E-state index is 0.546. The summed E-state index contributed by atoms with van der Waals surface area (Å²) in [6, 6.07) is 0. The van der Waals surface area contributed by atoms with Gasteiger partial charge in [0.25, 0.3) is 0 Å². The second-order valence-corrected chi connectivity index (χ2v) is 5.74. The third-order valence-electron chi connectivity index (χ3n) is 4.06. The predicted octanol–water partition coefficient (Wildman–Crippen LogP) is 1.56. The van der Waals surface area contributed by atoms with Crippen molar-refractivity contribution in [2.75, 3.05) is 52.4 Å². The molecule has 0 saturated carbocycles. The molecule has 0 aromatic heterocycles. The van der Waals surface area contributed by atoms with E-state index in [0.717, 1.165) is 45.1 Å². The maximum atomic E-state index is 12.4. The topological polar surface area (TPSA) is 18.5 Å². The fourth-order valence-electron chi connectivity index (χ4n) is 3.05. The zero-order valence-corrected chi connectivity index (χ0v) is 11.4. The first-order valence-electron chi connectivity index (χ1n) is 7.25. The Morgan fingerprint density at radius 1 is 0.947 bits per heavy atom. The van der Waals surface area contributed by atoms with Crippen molar-refractivity contribution in [3.05, 3.63) is 0 Å². The van der Waals surface area contributed by atoms with Gasteiger partial charge in [-0.15, -0.1) is 0 Å². The highest BCUT2D eigenvalue weighted by molar-refractivity contribution is 4.76. The van der Waals surface area contributed by atoms with Crippen LogP contribution < -0.4 is 5.32 Å². The van der Waals surface area contributed by atoms with Crippen LogP contribution in [0.15, 0.2) is 0 Å². The Bertz CT molecular complexity index is 264. The van der Waals surface area contributed by atoms with Crippen molar-refractivity contribution < 1.29 is 13.2 Å². The van der Waals surface area contributed by atoms with E-state index in [2.05, 4.69) is 10.2 Å². The fourth-order valence-corrected chi connectivity index (χ4v) is 3.05. The summed E-state index contributed by atoms with van der Waals surface area (Å²) in [4.78, 5) is 3.90. The van der Waals surface area contributed by atoms with E-state index < -0.39 is 12.7 Å². The quantitative estimate of drug-likeness (QED) is 0.846. The number of hydrogen-bond donors (Lipinski definition) is 1. The Hall–Kier alpha value is -0.330. The third kappa shape index (κ3) is 5.67. The van der Waals surface area contributed by atoms with Gasteiger partial charge in [-0.3, -0.25) is 4.90 Å². The highest BCUT2D eigenvalue weighted by atomic mass is 19.4. The van der Waals surface area contributed by atoms with Crippen LogP contribution in [0.1, 0.15) is 19.3 Å². The van der Waals surface area contributed by atoms with Crippen LogP contribution in [-0.2, 0) is 0 Å². The average Bonchev–Trinajstić information content (AvgIpc) is 2.54. The van der Waals surface area contributed by atoms with E-state index in [0.29, 0.717) is 13.1 Å². The van der Waals surface area contributed by atoms with Crippen molar-refractivity contribution in [2.45, 2.75) is 25.4 Å². The number of nitrogens with zero attached hydrogens (tertiary/aromatic N) is 2. The largest absolute Gasteiger partial charge is 0.401 e. The number of nitrogens with one attached hydrogen (secondary N) is 1. The summed E-state index contributed by atoms with van der Waals surface area (Å²) in [5.41, 5.74) is 0. The average molecular weight is 279 g/mol. The van der Waals surface area contributed by atoms with Crippen molar-refractivity contribution in [1.29, 1.82) is 0 Å². The molecule has 0 amide bonds. The molecule has 0 bridgehead atoms. The molecule has 0 unspecified atom stereocenters. The van der Waals surface area contributed by atoms with E-state index in [1.165, 1.54) is 12.8 Å². The molecule has 0 radical (unpaired) electrons. The Morgan fingerprint density at radius 2 is 1.58 bits per heavy atom. The van der Waals surface area contributed by atoms with Gasteiger partial charge in [0, 0.05) is 19.6 Å². The monoisotopic (exact) mass is 279 g/mol. The first kappa shape index (κ1) is 15.1. The molecule has 19 heavy (non-hydrogen) atoms. The summed E-state index contributed by atoms with van der Waals surface area (Å²) in [5.74, 6) is 0.718. The van der Waals surface area contributed by atoms with Gasteiger partial charge in [0.1, 0.15) is 0 Å². The molecule has 2 heterocycles. The fraction of sp³-hybridized carbons (Fsp3) is 1.00. The van der Waals surface area contributed by atoms with Gasteiger partial charge < -0.3 is 10.2 Å². The highest BCUT2D eigenvalue weighted by Crippen LogP contribution is 2.19. The first-order valence-corrected chi connectivity index (χ1v) is 7.25. The van der Waals surface area contributed by atoms with E-state index in [9.17, 15) is 13.2 Å². The summed E-state index contributed by atoms with van der Waals surface area (Å²) in [6.45, 7) is 5.30. The van der Waals surface area contributed by atoms with Gasteiger partial charge in [0.05, 0.1) is 6.54 Å². The summed E-state index contributed by atoms with van der Waals surface area (Å²) in [5, 5.41) is 3.35. The van der Waals surface area contributed by atoms with E-state index in [4.69, 9.17) is 0 Å². The van der Waals surface area contributed by atoms with Crippen molar-refractivity contribution in [3.8, 4) is 0 Å². The van der Waals surface area contributed by atoms with Crippen molar-refractivity contribution in [2.24, 2.45) is 5.92 Å². The second kappa shape index (κ2) is 6.90. The molecule has 0 atom stereocenters. The standard InChI is InChI=1S/C13H24F3N3/c14-13(15,16)11-19-7-1-6-18(8-9-19)10-12-2-4-17-5-3-12/h12,17H,1-11H2. The minimum Gasteiger partial charge on any atom is -0.317 e. The highest BCUT2D eigenvalue weighted by Gasteiger charge is 2.31. The normalized spacial score (nSPS) is 25.4. The summed E-state index contributed by atoms with van der Waals surface area (Å²) >= 11 is 0. The Balaban J connectivity index is 1.73. The van der Waals surface area contributed by atoms with Gasteiger partial charge in [-0.25, -0.2) is 0 Å². The van der Waals surface area contributed by atoms with Gasteiger partial charge in [-0.1, -0.05) is 0 Å². The molecule has 2 aliphatic heterocycles. The van der Waals surface area contributed by atoms with Crippen LogP contribution >= 0.6 is 0 Å². The lowest BCUT2D eigenvalue weighted by Gasteiger charge is -2.29. The lowest BCUT2D eigenvalue weighted by atomic mass is 9.97. The van der Waals surface area contributed by atoms with Crippen LogP contribution in [0.4, 0.5) is 13.2 Å². The molecular formula is C13H24F3N3. The molecule has 0 spiro atoms. The van der Waals surface area contributed by atoms with Crippen LogP contribution in [-0.4, -0.2) is 68.3 Å². The SMILES string of the molecule is FC(F)(F)CN1CCCN(CC2CCNCC2)CC1. The van der Waals surface area contributed by atoms with E-state index in [1.807, 2.05) is 0 Å². The van der Waals surface area contributed by atoms with Crippen LogP contribution in [0.3, 0.4) is 0 Å². The third-order valence-corrected chi connectivity index (χ3v) is 4.06. The van der Waals surface area contributed by atoms with Crippen LogP contribution in [0.25, 0.3) is 0 Å². The summed E-state index contributed by atoms with van der Waals surface area (Å²) in [7, 11) is 0. The van der Waals surface area contributed by atoms with E-state index in [1.54, 1.807) is 4.90 Å². The summed E-state index contributed by atoms with van der Waals surface area (Å²) in [6.07, 6.45) is -0.823. The molecule has 0 aromatic rings. The maximum absolute atomic E-state index is 12.4. The predicted molar refractivity (Wildman–Crippen MR) is 69.1 cm³/mol. The minimum atomic E-state index is -4.07. The van der Waals surface area contributed by atoms with Gasteiger partial charge in [0.2, 0.25) is 0 Å². The van der Waals surface area contributed by atoms with Crippen molar-refractivity contribution in [1.82, 2.24) is 15.1 Å². The molecule has 2 aliphatic rings. The molecule has 2 rings (SSSR count). The van der Waals surface area contributed by atoms with Crippen LogP contribution in [0.2, 0.25) is 0 Å². The number of halogens is 3. The Morgan fingerprint density at radius 3 is 2.26 bits per heavy atom. The van der Waals surface area contributed by atoms with Gasteiger partial charge in [0.15, 0.2) is 0 Å². The van der Waals surface area contributed by atoms with Crippen LogP contribution in [0, 0.1) is 5.92 Å². The lowest BCUT2D eigenvalue weighted by molar-refractivity contribution is -0.145. The molecule has 2 fully saturated rings. The molecule has 6 heteroatoms.